The SMILES string of the molecule is COc1cccc(N(CC(=O)NCC2CCCCC2)S(=O)(=O)c2ccccc2)c1. The second-order valence-electron chi connectivity index (χ2n) is 7.33. The van der Waals surface area contributed by atoms with Crippen LogP contribution in [-0.2, 0) is 14.8 Å². The molecule has 0 heterocycles. The van der Waals surface area contributed by atoms with Crippen molar-refractivity contribution < 1.29 is 17.9 Å². The predicted octanol–water partition coefficient (Wildman–Crippen LogP) is 3.59. The molecule has 1 aliphatic carbocycles. The lowest BCUT2D eigenvalue weighted by atomic mass is 9.89. The maximum atomic E-state index is 13.3. The van der Waals surface area contributed by atoms with Gasteiger partial charge in [0.15, 0.2) is 0 Å². The molecule has 1 saturated carbocycles. The molecule has 6 nitrogen and oxygen atoms in total. The van der Waals surface area contributed by atoms with Crippen LogP contribution in [0, 0.1) is 5.92 Å². The van der Waals surface area contributed by atoms with Crippen LogP contribution in [-0.4, -0.2) is 34.5 Å². The van der Waals surface area contributed by atoms with Crippen molar-refractivity contribution >= 4 is 21.6 Å². The minimum atomic E-state index is -3.90. The molecule has 2 aromatic carbocycles. The summed E-state index contributed by atoms with van der Waals surface area (Å²) in [6.07, 6.45) is 5.87. The highest BCUT2D eigenvalue weighted by atomic mass is 32.2. The number of nitrogens with one attached hydrogen (secondary N) is 1. The van der Waals surface area contributed by atoms with E-state index >= 15 is 0 Å². The molecule has 1 fully saturated rings. The Hall–Kier alpha value is -2.54. The quantitative estimate of drug-likeness (QED) is 0.714. The summed E-state index contributed by atoms with van der Waals surface area (Å²) in [4.78, 5) is 12.8. The zero-order chi connectivity index (χ0) is 20.7. The average molecular weight is 417 g/mol. The fourth-order valence-corrected chi connectivity index (χ4v) is 5.07. The smallest absolute Gasteiger partial charge is 0.264 e. The Morgan fingerprint density at radius 1 is 1.07 bits per heavy atom. The fraction of sp³-hybridized carbons (Fsp3) is 0.409. The van der Waals surface area contributed by atoms with Crippen LogP contribution in [0.1, 0.15) is 32.1 Å². The Kier molecular flexibility index (Phi) is 7.14. The van der Waals surface area contributed by atoms with Crippen molar-refractivity contribution in [1.82, 2.24) is 5.32 Å². The standard InChI is InChI=1S/C22H28N2O4S/c1-28-20-12-8-11-19(15-20)24(29(26,27)21-13-6-3-7-14-21)17-22(25)23-16-18-9-4-2-5-10-18/h3,6-8,11-15,18H,2,4-5,9-10,16-17H2,1H3,(H,23,25). The molecule has 0 atom stereocenters. The van der Waals surface area contributed by atoms with Gasteiger partial charge in [-0.3, -0.25) is 9.10 Å². The zero-order valence-corrected chi connectivity index (χ0v) is 17.5. The van der Waals surface area contributed by atoms with E-state index in [9.17, 15) is 13.2 Å². The van der Waals surface area contributed by atoms with Crippen LogP contribution in [0.4, 0.5) is 5.69 Å². The number of hydrogen-bond acceptors (Lipinski definition) is 4. The number of ether oxygens (including phenoxy) is 1. The highest BCUT2D eigenvalue weighted by molar-refractivity contribution is 7.92. The molecule has 0 saturated heterocycles. The van der Waals surface area contributed by atoms with Crippen LogP contribution in [0.3, 0.4) is 0 Å². The Balaban J connectivity index is 1.81. The summed E-state index contributed by atoms with van der Waals surface area (Å²) in [6, 6.07) is 14.9. The van der Waals surface area contributed by atoms with Crippen LogP contribution in [0.2, 0.25) is 0 Å². The lowest BCUT2D eigenvalue weighted by Gasteiger charge is -2.26. The van der Waals surface area contributed by atoms with Crippen molar-refractivity contribution in [2.24, 2.45) is 5.92 Å². The maximum absolute atomic E-state index is 13.3. The molecule has 0 aromatic heterocycles. The summed E-state index contributed by atoms with van der Waals surface area (Å²) < 4.78 is 32.9. The third-order valence-electron chi connectivity index (χ3n) is 5.27. The predicted molar refractivity (Wildman–Crippen MR) is 114 cm³/mol. The molecule has 0 spiro atoms. The molecule has 1 N–H and O–H groups in total. The van der Waals surface area contributed by atoms with E-state index < -0.39 is 10.0 Å². The monoisotopic (exact) mass is 416 g/mol. The van der Waals surface area contributed by atoms with Crippen LogP contribution in [0.25, 0.3) is 0 Å². The number of rotatable bonds is 8. The Bertz CT molecular complexity index is 909. The van der Waals surface area contributed by atoms with Gasteiger partial charge < -0.3 is 10.1 Å². The largest absolute Gasteiger partial charge is 0.497 e. The first-order chi connectivity index (χ1) is 14.0. The average Bonchev–Trinajstić information content (AvgIpc) is 2.77. The van der Waals surface area contributed by atoms with Gasteiger partial charge in [0.2, 0.25) is 5.91 Å². The Labute approximate surface area is 172 Å². The Morgan fingerprint density at radius 2 is 1.79 bits per heavy atom. The summed E-state index contributed by atoms with van der Waals surface area (Å²) in [7, 11) is -2.38. The van der Waals surface area contributed by atoms with E-state index in [-0.39, 0.29) is 17.3 Å². The number of sulfonamides is 1. The number of carbonyl (C=O) groups is 1. The lowest BCUT2D eigenvalue weighted by molar-refractivity contribution is -0.119. The summed E-state index contributed by atoms with van der Waals surface area (Å²) in [5.41, 5.74) is 0.390. The number of methoxy groups -OCH3 is 1. The molecule has 2 aromatic rings. The molecular weight excluding hydrogens is 388 g/mol. The Morgan fingerprint density at radius 3 is 2.48 bits per heavy atom. The topological polar surface area (TPSA) is 75.7 Å². The van der Waals surface area contributed by atoms with Crippen molar-refractivity contribution in [1.29, 1.82) is 0 Å². The van der Waals surface area contributed by atoms with Crippen LogP contribution in [0.5, 0.6) is 5.75 Å². The van der Waals surface area contributed by atoms with Gasteiger partial charge in [0.05, 0.1) is 17.7 Å². The van der Waals surface area contributed by atoms with Gasteiger partial charge in [0.25, 0.3) is 10.0 Å². The molecule has 29 heavy (non-hydrogen) atoms. The van der Waals surface area contributed by atoms with Gasteiger partial charge in [-0.1, -0.05) is 43.5 Å². The van der Waals surface area contributed by atoms with E-state index in [1.807, 2.05) is 0 Å². The molecule has 156 valence electrons. The molecule has 0 unspecified atom stereocenters. The molecule has 7 heteroatoms. The fourth-order valence-electron chi connectivity index (χ4n) is 3.64. The summed E-state index contributed by atoms with van der Waals surface area (Å²) in [6.45, 7) is 0.313. The van der Waals surface area contributed by atoms with Gasteiger partial charge >= 0.3 is 0 Å². The van der Waals surface area contributed by atoms with Crippen molar-refractivity contribution in [3.8, 4) is 5.75 Å². The number of anilines is 1. The number of carbonyl (C=O) groups excluding carboxylic acids is 1. The molecule has 0 radical (unpaired) electrons. The molecular formula is C22H28N2O4S. The summed E-state index contributed by atoms with van der Waals surface area (Å²) in [5, 5.41) is 2.93. The van der Waals surface area contributed by atoms with Gasteiger partial charge in [-0.25, -0.2) is 8.42 Å². The molecule has 1 amide bonds. The van der Waals surface area contributed by atoms with Crippen molar-refractivity contribution in [3.63, 3.8) is 0 Å². The molecule has 3 rings (SSSR count). The van der Waals surface area contributed by atoms with Crippen molar-refractivity contribution in [3.05, 3.63) is 54.6 Å². The zero-order valence-electron chi connectivity index (χ0n) is 16.7. The van der Waals surface area contributed by atoms with Crippen molar-refractivity contribution in [2.75, 3.05) is 24.5 Å². The van der Waals surface area contributed by atoms with E-state index in [2.05, 4.69) is 5.32 Å². The maximum Gasteiger partial charge on any atom is 0.264 e. The third-order valence-corrected chi connectivity index (χ3v) is 7.06. The van der Waals surface area contributed by atoms with Gasteiger partial charge in [-0.15, -0.1) is 0 Å². The number of benzene rings is 2. The first kappa shape index (κ1) is 21.2. The second kappa shape index (κ2) is 9.78. The molecule has 0 bridgehead atoms. The van der Waals surface area contributed by atoms with Gasteiger partial charge in [0.1, 0.15) is 12.3 Å². The van der Waals surface area contributed by atoms with Crippen LogP contribution < -0.4 is 14.4 Å². The van der Waals surface area contributed by atoms with E-state index in [1.165, 1.54) is 38.5 Å². The normalized spacial score (nSPS) is 14.9. The van der Waals surface area contributed by atoms with E-state index in [0.717, 1.165) is 17.1 Å². The number of amides is 1. The first-order valence-corrected chi connectivity index (χ1v) is 11.4. The van der Waals surface area contributed by atoms with Crippen LogP contribution >= 0.6 is 0 Å². The van der Waals surface area contributed by atoms with E-state index in [4.69, 9.17) is 4.74 Å². The highest BCUT2D eigenvalue weighted by Crippen LogP contribution is 2.27. The van der Waals surface area contributed by atoms with Crippen molar-refractivity contribution in [2.45, 2.75) is 37.0 Å². The minimum absolute atomic E-state index is 0.142. The molecule has 1 aliphatic rings. The summed E-state index contributed by atoms with van der Waals surface area (Å²) >= 11 is 0. The minimum Gasteiger partial charge on any atom is -0.497 e. The van der Waals surface area contributed by atoms with E-state index in [1.54, 1.807) is 42.5 Å². The highest BCUT2D eigenvalue weighted by Gasteiger charge is 2.27. The van der Waals surface area contributed by atoms with E-state index in [0.29, 0.717) is 23.9 Å². The number of hydrogen-bond donors (Lipinski definition) is 1. The third kappa shape index (κ3) is 5.50. The van der Waals surface area contributed by atoms with Gasteiger partial charge in [-0.2, -0.15) is 0 Å². The first-order valence-electron chi connectivity index (χ1n) is 9.99. The summed E-state index contributed by atoms with van der Waals surface area (Å²) in [5.74, 6) is 0.694. The lowest BCUT2D eigenvalue weighted by Crippen LogP contribution is -2.42. The van der Waals surface area contributed by atoms with Crippen LogP contribution in [0.15, 0.2) is 59.5 Å². The van der Waals surface area contributed by atoms with Gasteiger partial charge in [-0.05, 0) is 43.0 Å². The second-order valence-corrected chi connectivity index (χ2v) is 9.20. The van der Waals surface area contributed by atoms with Gasteiger partial charge in [0, 0.05) is 12.6 Å². The molecule has 0 aliphatic heterocycles. The number of nitrogens with zero attached hydrogens (tertiary/aromatic N) is 1.